The van der Waals surface area contributed by atoms with E-state index in [9.17, 15) is 4.79 Å². The van der Waals surface area contributed by atoms with E-state index in [4.69, 9.17) is 34.8 Å². The highest BCUT2D eigenvalue weighted by atomic mass is 35.5. The number of rotatable bonds is 4. The zero-order valence-corrected chi connectivity index (χ0v) is 14.9. The van der Waals surface area contributed by atoms with Crippen LogP contribution in [-0.2, 0) is 5.88 Å². The van der Waals surface area contributed by atoms with Crippen molar-refractivity contribution in [3.8, 4) is 5.69 Å². The summed E-state index contributed by atoms with van der Waals surface area (Å²) in [5.74, 6) is 1.11. The minimum Gasteiger partial charge on any atom is -0.288 e. The zero-order valence-electron chi connectivity index (χ0n) is 12.6. The molecule has 3 aromatic rings. The summed E-state index contributed by atoms with van der Waals surface area (Å²) >= 11 is 18.2. The highest BCUT2D eigenvalue weighted by Crippen LogP contribution is 2.27. The summed E-state index contributed by atoms with van der Waals surface area (Å²) in [6.07, 6.45) is 0. The zero-order chi connectivity index (χ0) is 17.3. The molecule has 0 amide bonds. The van der Waals surface area contributed by atoms with E-state index in [2.05, 4.69) is 10.2 Å². The lowest BCUT2D eigenvalue weighted by Gasteiger charge is -2.13. The number of nitrogens with zero attached hydrogens (tertiary/aromatic N) is 3. The number of aryl methyl sites for hydroxylation is 1. The standard InChI is InChI=1S/C17H12Cl3N3O/c1-10-21-22-16(9-18)23(10)15-7-6-11(19)8-13(15)17(24)12-4-2-3-5-14(12)20/h2-8H,9H2,1H3. The van der Waals surface area contributed by atoms with E-state index in [0.717, 1.165) is 0 Å². The smallest absolute Gasteiger partial charge is 0.196 e. The molecule has 0 radical (unpaired) electrons. The molecule has 0 aliphatic heterocycles. The second-order valence-corrected chi connectivity index (χ2v) is 6.21. The molecule has 7 heteroatoms. The van der Waals surface area contributed by atoms with E-state index in [0.29, 0.717) is 38.5 Å². The van der Waals surface area contributed by atoms with Crippen LogP contribution in [0.25, 0.3) is 5.69 Å². The Bertz CT molecular complexity index is 921. The fraction of sp³-hybridized carbons (Fsp3) is 0.118. The molecule has 122 valence electrons. The van der Waals surface area contributed by atoms with Gasteiger partial charge in [0.15, 0.2) is 11.6 Å². The van der Waals surface area contributed by atoms with Gasteiger partial charge in [-0.1, -0.05) is 35.3 Å². The van der Waals surface area contributed by atoms with Crippen LogP contribution in [0.3, 0.4) is 0 Å². The summed E-state index contributed by atoms with van der Waals surface area (Å²) < 4.78 is 1.74. The second kappa shape index (κ2) is 6.93. The number of carbonyl (C=O) groups is 1. The third-order valence-electron chi connectivity index (χ3n) is 3.57. The van der Waals surface area contributed by atoms with Gasteiger partial charge in [0, 0.05) is 16.1 Å². The van der Waals surface area contributed by atoms with E-state index in [1.165, 1.54) is 0 Å². The van der Waals surface area contributed by atoms with Gasteiger partial charge in [-0.25, -0.2) is 0 Å². The molecular formula is C17H12Cl3N3O. The highest BCUT2D eigenvalue weighted by molar-refractivity contribution is 6.35. The lowest BCUT2D eigenvalue weighted by Crippen LogP contribution is -2.11. The Morgan fingerprint density at radius 3 is 2.54 bits per heavy atom. The van der Waals surface area contributed by atoms with E-state index < -0.39 is 0 Å². The van der Waals surface area contributed by atoms with Gasteiger partial charge in [0.05, 0.1) is 16.6 Å². The van der Waals surface area contributed by atoms with Crippen LogP contribution in [0.5, 0.6) is 0 Å². The molecule has 0 unspecified atom stereocenters. The number of hydrogen-bond acceptors (Lipinski definition) is 3. The van der Waals surface area contributed by atoms with E-state index >= 15 is 0 Å². The molecular weight excluding hydrogens is 369 g/mol. The Balaban J connectivity index is 2.22. The quantitative estimate of drug-likeness (QED) is 0.480. The SMILES string of the molecule is Cc1nnc(CCl)n1-c1ccc(Cl)cc1C(=O)c1ccccc1Cl. The average Bonchev–Trinajstić information content (AvgIpc) is 2.95. The van der Waals surface area contributed by atoms with Crippen molar-refractivity contribution in [1.82, 2.24) is 14.8 Å². The third kappa shape index (κ3) is 3.05. The third-order valence-corrected chi connectivity index (χ3v) is 4.38. The van der Waals surface area contributed by atoms with Crippen molar-refractivity contribution >= 4 is 40.6 Å². The van der Waals surface area contributed by atoms with Crippen LogP contribution in [0.1, 0.15) is 27.6 Å². The van der Waals surface area contributed by atoms with Crippen molar-refractivity contribution in [2.24, 2.45) is 0 Å². The number of benzene rings is 2. The predicted octanol–water partition coefficient (Wildman–Crippen LogP) is 4.85. The topological polar surface area (TPSA) is 47.8 Å². The van der Waals surface area contributed by atoms with Gasteiger partial charge in [0.2, 0.25) is 0 Å². The molecule has 0 aliphatic carbocycles. The fourth-order valence-electron chi connectivity index (χ4n) is 2.48. The number of halogens is 3. The Morgan fingerprint density at radius 1 is 1.08 bits per heavy atom. The second-order valence-electron chi connectivity index (χ2n) is 5.10. The molecule has 1 aromatic heterocycles. The van der Waals surface area contributed by atoms with Gasteiger partial charge in [-0.15, -0.1) is 21.8 Å². The largest absolute Gasteiger partial charge is 0.288 e. The molecule has 1 heterocycles. The summed E-state index contributed by atoms with van der Waals surface area (Å²) in [5, 5.41) is 8.90. The number of carbonyl (C=O) groups excluding carboxylic acids is 1. The van der Waals surface area contributed by atoms with Crippen LogP contribution in [0, 0.1) is 6.92 Å². The van der Waals surface area contributed by atoms with E-state index in [-0.39, 0.29) is 11.7 Å². The molecule has 3 rings (SSSR count). The first-order chi connectivity index (χ1) is 11.5. The summed E-state index contributed by atoms with van der Waals surface area (Å²) in [4.78, 5) is 13.0. The monoisotopic (exact) mass is 379 g/mol. The molecule has 0 atom stereocenters. The first-order valence-corrected chi connectivity index (χ1v) is 8.38. The van der Waals surface area contributed by atoms with Crippen LogP contribution < -0.4 is 0 Å². The van der Waals surface area contributed by atoms with Gasteiger partial charge >= 0.3 is 0 Å². The molecule has 0 saturated carbocycles. The lowest BCUT2D eigenvalue weighted by molar-refractivity contribution is 0.103. The summed E-state index contributed by atoms with van der Waals surface area (Å²) in [7, 11) is 0. The minimum atomic E-state index is -0.230. The molecule has 0 saturated heterocycles. The molecule has 0 bridgehead atoms. The van der Waals surface area contributed by atoms with Crippen molar-refractivity contribution in [2.45, 2.75) is 12.8 Å². The molecule has 0 spiro atoms. The first kappa shape index (κ1) is 17.0. The van der Waals surface area contributed by atoms with Crippen LogP contribution in [-0.4, -0.2) is 20.5 Å². The predicted molar refractivity (Wildman–Crippen MR) is 95.5 cm³/mol. The Hall–Kier alpha value is -1.88. The Kier molecular flexibility index (Phi) is 4.90. The summed E-state index contributed by atoms with van der Waals surface area (Å²) in [5.41, 5.74) is 1.42. The van der Waals surface area contributed by atoms with E-state index in [1.54, 1.807) is 54.0 Å². The fourth-order valence-corrected chi connectivity index (χ4v) is 3.05. The molecule has 0 aliphatic rings. The van der Waals surface area contributed by atoms with Crippen LogP contribution in [0.4, 0.5) is 0 Å². The number of hydrogen-bond donors (Lipinski definition) is 0. The van der Waals surface area contributed by atoms with Crippen molar-refractivity contribution in [2.75, 3.05) is 0 Å². The van der Waals surface area contributed by atoms with Crippen molar-refractivity contribution in [1.29, 1.82) is 0 Å². The normalized spacial score (nSPS) is 10.8. The summed E-state index contributed by atoms with van der Waals surface area (Å²) in [6, 6.07) is 12.0. The van der Waals surface area contributed by atoms with Crippen LogP contribution >= 0.6 is 34.8 Å². The molecule has 0 fully saturated rings. The van der Waals surface area contributed by atoms with Gasteiger partial charge in [-0.3, -0.25) is 9.36 Å². The van der Waals surface area contributed by atoms with Crippen LogP contribution in [0.2, 0.25) is 10.0 Å². The lowest BCUT2D eigenvalue weighted by atomic mass is 10.0. The van der Waals surface area contributed by atoms with Gasteiger partial charge in [-0.05, 0) is 37.3 Å². The van der Waals surface area contributed by atoms with Crippen molar-refractivity contribution in [3.63, 3.8) is 0 Å². The minimum absolute atomic E-state index is 0.170. The van der Waals surface area contributed by atoms with Crippen molar-refractivity contribution in [3.05, 3.63) is 75.3 Å². The molecule has 0 N–H and O–H groups in total. The first-order valence-electron chi connectivity index (χ1n) is 7.09. The molecule has 4 nitrogen and oxygen atoms in total. The Morgan fingerprint density at radius 2 is 1.83 bits per heavy atom. The summed E-state index contributed by atoms with van der Waals surface area (Å²) in [6.45, 7) is 1.79. The van der Waals surface area contributed by atoms with Crippen molar-refractivity contribution < 1.29 is 4.79 Å². The maximum Gasteiger partial charge on any atom is 0.196 e. The van der Waals surface area contributed by atoms with Crippen LogP contribution in [0.15, 0.2) is 42.5 Å². The van der Waals surface area contributed by atoms with Gasteiger partial charge in [0.25, 0.3) is 0 Å². The number of aromatic nitrogens is 3. The molecule has 24 heavy (non-hydrogen) atoms. The molecule has 2 aromatic carbocycles. The number of alkyl halides is 1. The average molecular weight is 381 g/mol. The van der Waals surface area contributed by atoms with Gasteiger partial charge < -0.3 is 0 Å². The highest BCUT2D eigenvalue weighted by Gasteiger charge is 2.20. The Labute approximate surface area is 154 Å². The van der Waals surface area contributed by atoms with Gasteiger partial charge in [0.1, 0.15) is 5.82 Å². The maximum absolute atomic E-state index is 13.0. The number of ketones is 1. The van der Waals surface area contributed by atoms with E-state index in [1.807, 2.05) is 0 Å². The van der Waals surface area contributed by atoms with Gasteiger partial charge in [-0.2, -0.15) is 0 Å². The maximum atomic E-state index is 13.0.